The summed E-state index contributed by atoms with van der Waals surface area (Å²) < 4.78 is 5.31. The van der Waals surface area contributed by atoms with Crippen molar-refractivity contribution >= 4 is 18.2 Å². The number of hydrogen-bond acceptors (Lipinski definition) is 5. The first-order chi connectivity index (χ1) is 14.3. The van der Waals surface area contributed by atoms with E-state index in [0.29, 0.717) is 37.6 Å². The zero-order valence-corrected chi connectivity index (χ0v) is 19.0. The SMILES string of the molecule is CCCC[C@@H]1CN([C@@H](CC(C)C)C(=O)N2CCC[C@H]2COC)C(=O)[C@H]1CN(O)C=O. The van der Waals surface area contributed by atoms with Gasteiger partial charge in [-0.3, -0.25) is 19.6 Å². The van der Waals surface area contributed by atoms with Crippen molar-refractivity contribution in [3.63, 3.8) is 0 Å². The van der Waals surface area contributed by atoms with Crippen molar-refractivity contribution in [1.82, 2.24) is 14.9 Å². The molecule has 0 aromatic heterocycles. The molecule has 0 spiro atoms. The number of amides is 3. The number of methoxy groups -OCH3 is 1. The monoisotopic (exact) mass is 425 g/mol. The van der Waals surface area contributed by atoms with Crippen LogP contribution in [0.5, 0.6) is 0 Å². The maximum absolute atomic E-state index is 13.6. The smallest absolute Gasteiger partial charge is 0.245 e. The normalized spacial score (nSPS) is 25.3. The Hall–Kier alpha value is -1.67. The summed E-state index contributed by atoms with van der Waals surface area (Å²) in [5.74, 6) is -0.306. The zero-order chi connectivity index (χ0) is 22.3. The third-order valence-electron chi connectivity index (χ3n) is 6.41. The third kappa shape index (κ3) is 5.94. The Labute approximate surface area is 180 Å². The van der Waals surface area contributed by atoms with Gasteiger partial charge in [0.2, 0.25) is 18.2 Å². The first-order valence-electron chi connectivity index (χ1n) is 11.3. The minimum Gasteiger partial charge on any atom is -0.383 e. The average molecular weight is 426 g/mol. The molecule has 0 aromatic rings. The molecule has 0 saturated carbocycles. The van der Waals surface area contributed by atoms with Crippen molar-refractivity contribution in [2.45, 2.75) is 71.4 Å². The number of hydrogen-bond donors (Lipinski definition) is 1. The van der Waals surface area contributed by atoms with Crippen molar-refractivity contribution < 1.29 is 24.3 Å². The van der Waals surface area contributed by atoms with Crippen LogP contribution in [-0.4, -0.2) is 83.7 Å². The van der Waals surface area contributed by atoms with Gasteiger partial charge < -0.3 is 14.5 Å². The fourth-order valence-electron chi connectivity index (χ4n) is 4.89. The molecule has 2 aliphatic rings. The van der Waals surface area contributed by atoms with Gasteiger partial charge in [0.05, 0.1) is 25.1 Å². The van der Waals surface area contributed by atoms with Gasteiger partial charge in [-0.1, -0.05) is 33.6 Å². The summed E-state index contributed by atoms with van der Waals surface area (Å²) in [6.45, 7) is 7.91. The van der Waals surface area contributed by atoms with Crippen LogP contribution in [0.3, 0.4) is 0 Å². The van der Waals surface area contributed by atoms with Gasteiger partial charge in [0, 0.05) is 20.2 Å². The second-order valence-corrected chi connectivity index (χ2v) is 9.16. The minimum atomic E-state index is -0.507. The average Bonchev–Trinajstić information content (AvgIpc) is 3.29. The molecule has 0 bridgehead atoms. The lowest BCUT2D eigenvalue weighted by molar-refractivity contribution is -0.157. The first-order valence-corrected chi connectivity index (χ1v) is 11.3. The number of ether oxygens (including phenoxy) is 1. The highest BCUT2D eigenvalue weighted by Gasteiger charge is 2.47. The highest BCUT2D eigenvalue weighted by atomic mass is 16.5. The van der Waals surface area contributed by atoms with Crippen LogP contribution in [0, 0.1) is 17.8 Å². The molecule has 2 heterocycles. The molecule has 2 fully saturated rings. The number of hydroxylamine groups is 2. The Kier molecular flexibility index (Phi) is 9.55. The topological polar surface area (TPSA) is 90.4 Å². The van der Waals surface area contributed by atoms with Gasteiger partial charge in [0.25, 0.3) is 0 Å². The molecule has 2 rings (SSSR count). The maximum atomic E-state index is 13.6. The van der Waals surface area contributed by atoms with Gasteiger partial charge in [-0.2, -0.15) is 0 Å². The number of carbonyl (C=O) groups is 3. The van der Waals surface area contributed by atoms with E-state index in [4.69, 9.17) is 4.74 Å². The van der Waals surface area contributed by atoms with Gasteiger partial charge in [-0.15, -0.1) is 0 Å². The molecular formula is C22H39N3O5. The standard InChI is InChI=1S/C22H39N3O5/c1-5-6-8-17-12-25(21(27)19(17)13-23(29)15-26)20(11-16(2)3)22(28)24-10-7-9-18(24)14-30-4/h15-20,29H,5-14H2,1-4H3/t17-,18+,19+,20+/m1/s1. The predicted octanol–water partition coefficient (Wildman–Crippen LogP) is 2.15. The lowest BCUT2D eigenvalue weighted by atomic mass is 9.90. The number of unbranched alkanes of at least 4 members (excludes halogenated alkanes) is 1. The van der Waals surface area contributed by atoms with Crippen molar-refractivity contribution in [1.29, 1.82) is 0 Å². The molecule has 0 aliphatic carbocycles. The third-order valence-corrected chi connectivity index (χ3v) is 6.41. The molecule has 2 aliphatic heterocycles. The molecule has 4 atom stereocenters. The molecule has 1 N–H and O–H groups in total. The van der Waals surface area contributed by atoms with Gasteiger partial charge in [0.15, 0.2) is 0 Å². The van der Waals surface area contributed by atoms with Crippen LogP contribution in [0.1, 0.15) is 59.3 Å². The van der Waals surface area contributed by atoms with E-state index in [9.17, 15) is 19.6 Å². The van der Waals surface area contributed by atoms with Crippen molar-refractivity contribution in [3.05, 3.63) is 0 Å². The van der Waals surface area contributed by atoms with Crippen LogP contribution in [-0.2, 0) is 19.1 Å². The first kappa shape index (κ1) is 24.6. The summed E-state index contributed by atoms with van der Waals surface area (Å²) in [5, 5.41) is 10.3. The summed E-state index contributed by atoms with van der Waals surface area (Å²) >= 11 is 0. The second kappa shape index (κ2) is 11.6. The summed E-state index contributed by atoms with van der Waals surface area (Å²) in [7, 11) is 1.65. The molecule has 0 radical (unpaired) electrons. The number of likely N-dealkylation sites (tertiary alicyclic amines) is 2. The maximum Gasteiger partial charge on any atom is 0.245 e. The van der Waals surface area contributed by atoms with E-state index in [1.165, 1.54) is 0 Å². The Bertz CT molecular complexity index is 585. The Morgan fingerprint density at radius 1 is 1.40 bits per heavy atom. The Morgan fingerprint density at radius 3 is 2.73 bits per heavy atom. The quantitative estimate of drug-likeness (QED) is 0.294. The molecule has 172 valence electrons. The molecule has 8 nitrogen and oxygen atoms in total. The van der Waals surface area contributed by atoms with Crippen LogP contribution >= 0.6 is 0 Å². The molecule has 3 amide bonds. The lowest BCUT2D eigenvalue weighted by Gasteiger charge is -2.34. The Morgan fingerprint density at radius 2 is 2.13 bits per heavy atom. The number of rotatable bonds is 12. The fourth-order valence-corrected chi connectivity index (χ4v) is 4.89. The molecular weight excluding hydrogens is 386 g/mol. The van der Waals surface area contributed by atoms with Crippen LogP contribution in [0.2, 0.25) is 0 Å². The van der Waals surface area contributed by atoms with Crippen LogP contribution in [0.25, 0.3) is 0 Å². The van der Waals surface area contributed by atoms with Crippen LogP contribution in [0.4, 0.5) is 0 Å². The molecule has 30 heavy (non-hydrogen) atoms. The van der Waals surface area contributed by atoms with E-state index in [2.05, 4.69) is 20.8 Å². The summed E-state index contributed by atoms with van der Waals surface area (Å²) in [6.07, 6.45) is 5.63. The molecule has 0 unspecified atom stereocenters. The van der Waals surface area contributed by atoms with Gasteiger partial charge in [0.1, 0.15) is 6.04 Å². The van der Waals surface area contributed by atoms with Gasteiger partial charge in [-0.05, 0) is 37.5 Å². The van der Waals surface area contributed by atoms with E-state index in [1.54, 1.807) is 12.0 Å². The predicted molar refractivity (Wildman–Crippen MR) is 113 cm³/mol. The van der Waals surface area contributed by atoms with Crippen molar-refractivity contribution in [3.8, 4) is 0 Å². The summed E-state index contributed by atoms with van der Waals surface area (Å²) in [4.78, 5) is 41.5. The summed E-state index contributed by atoms with van der Waals surface area (Å²) in [6, 6.07) is -0.447. The van der Waals surface area contributed by atoms with E-state index >= 15 is 0 Å². The number of nitrogens with zero attached hydrogens (tertiary/aromatic N) is 3. The van der Waals surface area contributed by atoms with Crippen molar-refractivity contribution in [2.75, 3.05) is 33.4 Å². The second-order valence-electron chi connectivity index (χ2n) is 9.16. The number of carbonyl (C=O) groups excluding carboxylic acids is 3. The zero-order valence-electron chi connectivity index (χ0n) is 19.0. The Balaban J connectivity index is 2.25. The summed E-state index contributed by atoms with van der Waals surface area (Å²) in [5.41, 5.74) is 0. The van der Waals surface area contributed by atoms with E-state index < -0.39 is 12.0 Å². The highest BCUT2D eigenvalue weighted by molar-refractivity contribution is 5.90. The fraction of sp³-hybridized carbons (Fsp3) is 0.864. The molecule has 2 saturated heterocycles. The van der Waals surface area contributed by atoms with Gasteiger partial charge >= 0.3 is 0 Å². The van der Waals surface area contributed by atoms with E-state index in [-0.39, 0.29) is 36.2 Å². The highest BCUT2D eigenvalue weighted by Crippen LogP contribution is 2.33. The molecule has 8 heteroatoms. The van der Waals surface area contributed by atoms with Crippen LogP contribution < -0.4 is 0 Å². The minimum absolute atomic E-state index is 0.00253. The van der Waals surface area contributed by atoms with Crippen LogP contribution in [0.15, 0.2) is 0 Å². The van der Waals surface area contributed by atoms with Gasteiger partial charge in [-0.25, -0.2) is 5.06 Å². The van der Waals surface area contributed by atoms with E-state index in [1.807, 2.05) is 4.90 Å². The molecule has 0 aromatic carbocycles. The van der Waals surface area contributed by atoms with Crippen molar-refractivity contribution in [2.24, 2.45) is 17.8 Å². The lowest BCUT2D eigenvalue weighted by Crippen LogP contribution is -2.52. The van der Waals surface area contributed by atoms with E-state index in [0.717, 1.165) is 32.1 Å². The largest absolute Gasteiger partial charge is 0.383 e.